The van der Waals surface area contributed by atoms with Crippen LogP contribution in [-0.2, 0) is 9.53 Å². The van der Waals surface area contributed by atoms with E-state index in [0.29, 0.717) is 32.8 Å². The summed E-state index contributed by atoms with van der Waals surface area (Å²) in [6.45, 7) is 4.42. The number of nitrogens with zero attached hydrogens (tertiary/aromatic N) is 2. The molecule has 0 aliphatic carbocycles. The molecular weight excluding hydrogens is 270 g/mol. The molecule has 2 amide bonds. The summed E-state index contributed by atoms with van der Waals surface area (Å²) in [6.07, 6.45) is -0.299. The smallest absolute Gasteiger partial charge is 0.409 e. The van der Waals surface area contributed by atoms with Gasteiger partial charge in [-0.15, -0.1) is 0 Å². The summed E-state index contributed by atoms with van der Waals surface area (Å²) < 4.78 is 4.99. The Hall–Kier alpha value is -2.08. The van der Waals surface area contributed by atoms with Gasteiger partial charge in [0, 0.05) is 26.2 Å². The molecule has 1 aliphatic rings. The predicted octanol–water partition coefficient (Wildman–Crippen LogP) is 0.987. The van der Waals surface area contributed by atoms with Gasteiger partial charge < -0.3 is 15.4 Å². The Morgan fingerprint density at radius 1 is 1.19 bits per heavy atom. The van der Waals surface area contributed by atoms with Crippen LogP contribution in [0.25, 0.3) is 0 Å². The van der Waals surface area contributed by atoms with Crippen LogP contribution in [-0.4, -0.2) is 54.6 Å². The van der Waals surface area contributed by atoms with Crippen molar-refractivity contribution in [3.8, 4) is 0 Å². The number of amides is 2. The second kappa shape index (κ2) is 7.08. The Morgan fingerprint density at radius 3 is 2.33 bits per heavy atom. The standard InChI is InChI=1S/C15H21N3O3/c1-2-21-15(20)18-10-8-17(9-11-18)13(14(16)19)12-6-4-3-5-7-12/h3-7,13H,2,8-11H2,1H3,(H2,16,19). The molecule has 6 nitrogen and oxygen atoms in total. The maximum absolute atomic E-state index is 11.8. The Labute approximate surface area is 124 Å². The molecule has 1 heterocycles. The highest BCUT2D eigenvalue weighted by Gasteiger charge is 2.30. The maximum Gasteiger partial charge on any atom is 0.409 e. The van der Waals surface area contributed by atoms with Crippen LogP contribution in [0.4, 0.5) is 4.79 Å². The van der Waals surface area contributed by atoms with Gasteiger partial charge in [0.2, 0.25) is 5.91 Å². The number of primary amides is 1. The van der Waals surface area contributed by atoms with Gasteiger partial charge in [0.1, 0.15) is 6.04 Å². The first-order valence-corrected chi connectivity index (χ1v) is 7.13. The summed E-state index contributed by atoms with van der Waals surface area (Å²) in [5, 5.41) is 0. The average Bonchev–Trinajstić information content (AvgIpc) is 2.49. The molecule has 6 heteroatoms. The molecule has 0 saturated carbocycles. The monoisotopic (exact) mass is 291 g/mol. The fourth-order valence-electron chi connectivity index (χ4n) is 2.57. The molecule has 1 saturated heterocycles. The van der Waals surface area contributed by atoms with E-state index in [-0.39, 0.29) is 12.0 Å². The summed E-state index contributed by atoms with van der Waals surface area (Å²) in [4.78, 5) is 27.1. The van der Waals surface area contributed by atoms with Crippen molar-refractivity contribution in [1.29, 1.82) is 0 Å². The number of carbonyl (C=O) groups excluding carboxylic acids is 2. The minimum atomic E-state index is -0.449. The van der Waals surface area contributed by atoms with Crippen LogP contribution in [0.15, 0.2) is 30.3 Å². The minimum absolute atomic E-state index is 0.299. The number of carbonyl (C=O) groups is 2. The largest absolute Gasteiger partial charge is 0.450 e. The van der Waals surface area contributed by atoms with Crippen LogP contribution >= 0.6 is 0 Å². The van der Waals surface area contributed by atoms with E-state index in [0.717, 1.165) is 5.56 Å². The number of piperazine rings is 1. The van der Waals surface area contributed by atoms with E-state index < -0.39 is 6.04 Å². The Bertz CT molecular complexity index is 484. The maximum atomic E-state index is 11.8. The van der Waals surface area contributed by atoms with Gasteiger partial charge >= 0.3 is 6.09 Å². The summed E-state index contributed by atoms with van der Waals surface area (Å²) in [5.41, 5.74) is 6.44. The minimum Gasteiger partial charge on any atom is -0.450 e. The molecule has 0 radical (unpaired) electrons. The molecule has 1 aromatic rings. The van der Waals surface area contributed by atoms with E-state index in [9.17, 15) is 9.59 Å². The number of hydrogen-bond acceptors (Lipinski definition) is 4. The first-order chi connectivity index (χ1) is 10.1. The summed E-state index contributed by atoms with van der Waals surface area (Å²) >= 11 is 0. The van der Waals surface area contributed by atoms with E-state index in [1.807, 2.05) is 35.2 Å². The SMILES string of the molecule is CCOC(=O)N1CCN(C(C(N)=O)c2ccccc2)CC1. The van der Waals surface area contributed by atoms with Gasteiger partial charge in [-0.3, -0.25) is 9.69 Å². The van der Waals surface area contributed by atoms with Crippen LogP contribution in [0.1, 0.15) is 18.5 Å². The molecular formula is C15H21N3O3. The van der Waals surface area contributed by atoms with Gasteiger partial charge in [-0.2, -0.15) is 0 Å². The van der Waals surface area contributed by atoms with Crippen molar-refractivity contribution in [2.75, 3.05) is 32.8 Å². The molecule has 1 atom stereocenters. The molecule has 0 bridgehead atoms. The number of rotatable bonds is 4. The molecule has 1 unspecified atom stereocenters. The highest BCUT2D eigenvalue weighted by molar-refractivity contribution is 5.81. The van der Waals surface area contributed by atoms with Crippen LogP contribution in [0.3, 0.4) is 0 Å². The van der Waals surface area contributed by atoms with Gasteiger partial charge in [-0.05, 0) is 12.5 Å². The zero-order valence-electron chi connectivity index (χ0n) is 12.2. The van der Waals surface area contributed by atoms with Crippen molar-refractivity contribution >= 4 is 12.0 Å². The molecule has 0 aromatic heterocycles. The zero-order valence-corrected chi connectivity index (χ0v) is 12.2. The van der Waals surface area contributed by atoms with Gasteiger partial charge in [-0.25, -0.2) is 4.79 Å². The van der Waals surface area contributed by atoms with E-state index in [2.05, 4.69) is 0 Å². The number of benzene rings is 1. The third-order valence-electron chi connectivity index (χ3n) is 3.59. The lowest BCUT2D eigenvalue weighted by atomic mass is 10.0. The number of hydrogen-bond donors (Lipinski definition) is 1. The Kier molecular flexibility index (Phi) is 5.16. The third-order valence-corrected chi connectivity index (χ3v) is 3.59. The van der Waals surface area contributed by atoms with E-state index in [1.165, 1.54) is 0 Å². The van der Waals surface area contributed by atoms with Crippen LogP contribution < -0.4 is 5.73 Å². The molecule has 2 rings (SSSR count). The van der Waals surface area contributed by atoms with E-state index in [4.69, 9.17) is 10.5 Å². The second-order valence-corrected chi connectivity index (χ2v) is 4.94. The van der Waals surface area contributed by atoms with Crippen LogP contribution in [0.5, 0.6) is 0 Å². The highest BCUT2D eigenvalue weighted by Crippen LogP contribution is 2.22. The fraction of sp³-hybridized carbons (Fsp3) is 0.467. The van der Waals surface area contributed by atoms with Crippen molar-refractivity contribution in [2.45, 2.75) is 13.0 Å². The van der Waals surface area contributed by atoms with Crippen molar-refractivity contribution in [3.63, 3.8) is 0 Å². The second-order valence-electron chi connectivity index (χ2n) is 4.94. The van der Waals surface area contributed by atoms with Crippen molar-refractivity contribution < 1.29 is 14.3 Å². The summed E-state index contributed by atoms with van der Waals surface area (Å²) in [5.74, 6) is -0.370. The van der Waals surface area contributed by atoms with E-state index >= 15 is 0 Å². The Morgan fingerprint density at radius 2 is 1.81 bits per heavy atom. The van der Waals surface area contributed by atoms with Crippen LogP contribution in [0.2, 0.25) is 0 Å². The zero-order chi connectivity index (χ0) is 15.2. The lowest BCUT2D eigenvalue weighted by Crippen LogP contribution is -2.52. The number of nitrogens with two attached hydrogens (primary N) is 1. The quantitative estimate of drug-likeness (QED) is 0.897. The molecule has 1 aliphatic heterocycles. The molecule has 21 heavy (non-hydrogen) atoms. The van der Waals surface area contributed by atoms with Crippen molar-refractivity contribution in [2.24, 2.45) is 5.73 Å². The Balaban J connectivity index is 2.02. The van der Waals surface area contributed by atoms with Gasteiger partial charge in [-0.1, -0.05) is 30.3 Å². The number of ether oxygens (including phenoxy) is 1. The molecule has 114 valence electrons. The third kappa shape index (κ3) is 3.72. The predicted molar refractivity (Wildman–Crippen MR) is 78.5 cm³/mol. The molecule has 2 N–H and O–H groups in total. The van der Waals surface area contributed by atoms with Gasteiger partial charge in [0.25, 0.3) is 0 Å². The van der Waals surface area contributed by atoms with Gasteiger partial charge in [0.15, 0.2) is 0 Å². The molecule has 1 aromatic carbocycles. The van der Waals surface area contributed by atoms with Crippen molar-refractivity contribution in [1.82, 2.24) is 9.80 Å². The first kappa shape index (κ1) is 15.3. The van der Waals surface area contributed by atoms with Crippen molar-refractivity contribution in [3.05, 3.63) is 35.9 Å². The molecule has 1 fully saturated rings. The normalized spacial score (nSPS) is 17.3. The lowest BCUT2D eigenvalue weighted by Gasteiger charge is -2.37. The van der Waals surface area contributed by atoms with E-state index in [1.54, 1.807) is 11.8 Å². The highest BCUT2D eigenvalue weighted by atomic mass is 16.6. The summed E-state index contributed by atoms with van der Waals surface area (Å²) in [7, 11) is 0. The first-order valence-electron chi connectivity index (χ1n) is 7.13. The average molecular weight is 291 g/mol. The lowest BCUT2D eigenvalue weighted by molar-refractivity contribution is -0.124. The van der Waals surface area contributed by atoms with Gasteiger partial charge in [0.05, 0.1) is 6.61 Å². The summed E-state index contributed by atoms with van der Waals surface area (Å²) in [6, 6.07) is 9.02. The fourth-order valence-corrected chi connectivity index (χ4v) is 2.57. The van der Waals surface area contributed by atoms with Crippen LogP contribution in [0, 0.1) is 0 Å². The molecule has 0 spiro atoms. The topological polar surface area (TPSA) is 75.9 Å².